The van der Waals surface area contributed by atoms with E-state index < -0.39 is 17.3 Å². The van der Waals surface area contributed by atoms with Gasteiger partial charge < -0.3 is 10.2 Å². The molecule has 2 aromatic rings. The third-order valence-corrected chi connectivity index (χ3v) is 6.32. The molecule has 1 N–H and O–H groups in total. The second-order valence-corrected chi connectivity index (χ2v) is 8.54. The molecule has 2 amide bonds. The number of carbonyl (C=O) groups is 2. The molecular weight excluding hydrogens is 427 g/mol. The molecule has 6 nitrogen and oxygen atoms in total. The molecule has 2 saturated heterocycles. The summed E-state index contributed by atoms with van der Waals surface area (Å²) in [5, 5.41) is 3.28. The highest BCUT2D eigenvalue weighted by atomic mass is 35.5. The fourth-order valence-corrected chi connectivity index (χ4v) is 4.71. The first-order valence-corrected chi connectivity index (χ1v) is 10.4. The van der Waals surface area contributed by atoms with Gasteiger partial charge >= 0.3 is 0 Å². The minimum absolute atomic E-state index is 0.100. The Kier molecular flexibility index (Phi) is 5.23. The third kappa shape index (κ3) is 3.33. The van der Waals surface area contributed by atoms with Gasteiger partial charge in [-0.15, -0.1) is 0 Å². The first kappa shape index (κ1) is 20.7. The Bertz CT molecular complexity index is 1080. The number of carbonyl (C=O) groups excluding carboxylic acids is 2. The number of rotatable bonds is 3. The molecule has 0 bridgehead atoms. The van der Waals surface area contributed by atoms with Crippen molar-refractivity contribution in [2.75, 3.05) is 16.8 Å². The molecule has 0 saturated carbocycles. The Hall–Kier alpha value is -2.58. The molecule has 0 radical (unpaired) electrons. The normalized spacial score (nSPS) is 21.1. The van der Waals surface area contributed by atoms with Gasteiger partial charge in [0.1, 0.15) is 5.54 Å². The van der Waals surface area contributed by atoms with Crippen molar-refractivity contribution in [1.29, 1.82) is 0 Å². The number of nitrogens with one attached hydrogen (secondary N) is 1. The fraction of sp³-hybridized carbons (Fsp3) is 0.333. The molecule has 2 aliphatic rings. The molecule has 2 aliphatic heterocycles. The van der Waals surface area contributed by atoms with Gasteiger partial charge in [-0.3, -0.25) is 14.5 Å². The Morgan fingerprint density at radius 2 is 2.10 bits per heavy atom. The van der Waals surface area contributed by atoms with E-state index in [-0.39, 0.29) is 16.6 Å². The number of piperidine rings is 1. The SMILES string of the molecule is Cc1cnc(C(=O)Nc2ccc(N3C(=O)C4(C)CCCCN4C3=S)c(Cl)c2)c(F)c1. The maximum Gasteiger partial charge on any atom is 0.277 e. The van der Waals surface area contributed by atoms with Gasteiger partial charge in [-0.2, -0.15) is 0 Å². The summed E-state index contributed by atoms with van der Waals surface area (Å²) in [6, 6.07) is 5.98. The van der Waals surface area contributed by atoms with Crippen LogP contribution >= 0.6 is 23.8 Å². The summed E-state index contributed by atoms with van der Waals surface area (Å²) in [7, 11) is 0. The largest absolute Gasteiger partial charge is 0.334 e. The number of benzene rings is 1. The molecule has 30 heavy (non-hydrogen) atoms. The summed E-state index contributed by atoms with van der Waals surface area (Å²) in [5.74, 6) is -1.49. The number of aromatic nitrogens is 1. The van der Waals surface area contributed by atoms with E-state index in [1.807, 2.05) is 11.8 Å². The summed E-state index contributed by atoms with van der Waals surface area (Å²) < 4.78 is 14.0. The molecule has 0 aliphatic carbocycles. The average molecular weight is 447 g/mol. The minimum Gasteiger partial charge on any atom is -0.334 e. The van der Waals surface area contributed by atoms with Crippen LogP contribution in [0.5, 0.6) is 0 Å². The van der Waals surface area contributed by atoms with Crippen LogP contribution in [0.1, 0.15) is 42.2 Å². The number of halogens is 2. The number of hydrogen-bond acceptors (Lipinski definition) is 4. The topological polar surface area (TPSA) is 65.5 Å². The maximum absolute atomic E-state index is 14.0. The lowest BCUT2D eigenvalue weighted by Gasteiger charge is -2.36. The zero-order valence-electron chi connectivity index (χ0n) is 16.5. The van der Waals surface area contributed by atoms with Gasteiger partial charge in [-0.1, -0.05) is 11.6 Å². The van der Waals surface area contributed by atoms with E-state index in [1.54, 1.807) is 19.1 Å². The van der Waals surface area contributed by atoms with Crippen LogP contribution in [0, 0.1) is 12.7 Å². The summed E-state index contributed by atoms with van der Waals surface area (Å²) >= 11 is 12.0. The summed E-state index contributed by atoms with van der Waals surface area (Å²) in [5.41, 5.74) is 0.478. The van der Waals surface area contributed by atoms with Gasteiger partial charge in [-0.05, 0) is 75.2 Å². The molecule has 156 valence electrons. The smallest absolute Gasteiger partial charge is 0.277 e. The van der Waals surface area contributed by atoms with Gasteiger partial charge in [-0.25, -0.2) is 9.37 Å². The molecule has 0 spiro atoms. The number of aryl methyl sites for hydroxylation is 1. The number of hydrogen-bond donors (Lipinski definition) is 1. The fourth-order valence-electron chi connectivity index (χ4n) is 3.97. The minimum atomic E-state index is -0.701. The van der Waals surface area contributed by atoms with E-state index >= 15 is 0 Å². The van der Waals surface area contributed by atoms with Crippen LogP contribution in [0.3, 0.4) is 0 Å². The molecule has 4 rings (SSSR count). The molecular formula is C21H20ClFN4O2S. The lowest BCUT2D eigenvalue weighted by molar-refractivity contribution is -0.125. The molecule has 1 aromatic heterocycles. The predicted molar refractivity (Wildman–Crippen MR) is 117 cm³/mol. The van der Waals surface area contributed by atoms with Crippen LogP contribution in [-0.4, -0.2) is 38.9 Å². The van der Waals surface area contributed by atoms with Crippen LogP contribution in [0.4, 0.5) is 15.8 Å². The molecule has 1 aromatic carbocycles. The van der Waals surface area contributed by atoms with Gasteiger partial charge in [0.05, 0.1) is 10.7 Å². The number of pyridine rings is 1. The van der Waals surface area contributed by atoms with Gasteiger partial charge in [0.2, 0.25) is 0 Å². The number of anilines is 2. The van der Waals surface area contributed by atoms with E-state index in [0.717, 1.165) is 25.8 Å². The van der Waals surface area contributed by atoms with Crippen molar-refractivity contribution in [3.8, 4) is 0 Å². The second kappa shape index (κ2) is 7.59. The van der Waals surface area contributed by atoms with Crippen molar-refractivity contribution in [3.63, 3.8) is 0 Å². The Morgan fingerprint density at radius 3 is 2.77 bits per heavy atom. The number of fused-ring (bicyclic) bond motifs is 1. The zero-order chi connectivity index (χ0) is 21.6. The standard InChI is InChI=1S/C21H20ClFN4O2S/c1-12-9-15(23)17(24-11-12)18(28)25-13-5-6-16(14(22)10-13)27-19(29)21(2)7-3-4-8-26(21)20(27)30/h5-6,9-11H,3-4,7-8H2,1-2H3,(H,25,28). The van der Waals surface area contributed by atoms with E-state index in [1.165, 1.54) is 23.2 Å². The summed E-state index contributed by atoms with van der Waals surface area (Å²) in [6.07, 6.45) is 4.11. The number of thiocarbonyl (C=S) groups is 1. The van der Waals surface area contributed by atoms with Crippen molar-refractivity contribution in [1.82, 2.24) is 9.88 Å². The van der Waals surface area contributed by atoms with E-state index in [0.29, 0.717) is 22.1 Å². The molecule has 9 heteroatoms. The van der Waals surface area contributed by atoms with Crippen LogP contribution in [0.2, 0.25) is 5.02 Å². The average Bonchev–Trinajstić information content (AvgIpc) is 2.88. The van der Waals surface area contributed by atoms with Crippen LogP contribution in [0.25, 0.3) is 0 Å². The van der Waals surface area contributed by atoms with Crippen LogP contribution < -0.4 is 10.2 Å². The maximum atomic E-state index is 14.0. The Morgan fingerprint density at radius 1 is 1.33 bits per heavy atom. The van der Waals surface area contributed by atoms with E-state index in [9.17, 15) is 14.0 Å². The Balaban J connectivity index is 1.59. The first-order chi connectivity index (χ1) is 14.2. The van der Waals surface area contributed by atoms with Crippen LogP contribution in [-0.2, 0) is 4.79 Å². The number of amides is 2. The zero-order valence-corrected chi connectivity index (χ0v) is 18.1. The summed E-state index contributed by atoms with van der Waals surface area (Å²) in [6.45, 7) is 4.33. The van der Waals surface area contributed by atoms with Crippen molar-refractivity contribution in [2.45, 2.75) is 38.6 Å². The molecule has 2 fully saturated rings. The van der Waals surface area contributed by atoms with E-state index in [2.05, 4.69) is 10.3 Å². The number of nitrogens with zero attached hydrogens (tertiary/aromatic N) is 3. The molecule has 1 unspecified atom stereocenters. The van der Waals surface area contributed by atoms with Gasteiger partial charge in [0.15, 0.2) is 16.6 Å². The van der Waals surface area contributed by atoms with Crippen molar-refractivity contribution >= 4 is 52.1 Å². The van der Waals surface area contributed by atoms with Crippen LogP contribution in [0.15, 0.2) is 30.5 Å². The highest BCUT2D eigenvalue weighted by molar-refractivity contribution is 7.80. The lowest BCUT2D eigenvalue weighted by Crippen LogP contribution is -2.49. The highest BCUT2D eigenvalue weighted by Gasteiger charge is 2.53. The predicted octanol–water partition coefficient (Wildman–Crippen LogP) is 4.31. The highest BCUT2D eigenvalue weighted by Crippen LogP contribution is 2.41. The van der Waals surface area contributed by atoms with Gasteiger partial charge in [0, 0.05) is 18.4 Å². The monoisotopic (exact) mass is 446 g/mol. The summed E-state index contributed by atoms with van der Waals surface area (Å²) in [4.78, 5) is 32.8. The molecule has 3 heterocycles. The Labute approximate surface area is 184 Å². The third-order valence-electron chi connectivity index (χ3n) is 5.62. The quantitative estimate of drug-likeness (QED) is 0.711. The van der Waals surface area contributed by atoms with Crippen molar-refractivity contribution in [3.05, 3.63) is 52.6 Å². The van der Waals surface area contributed by atoms with E-state index in [4.69, 9.17) is 23.8 Å². The van der Waals surface area contributed by atoms with Gasteiger partial charge in [0.25, 0.3) is 11.8 Å². The van der Waals surface area contributed by atoms with Crippen molar-refractivity contribution < 1.29 is 14.0 Å². The molecule has 1 atom stereocenters. The lowest BCUT2D eigenvalue weighted by atomic mass is 9.89. The second-order valence-electron chi connectivity index (χ2n) is 7.77. The van der Waals surface area contributed by atoms with Crippen molar-refractivity contribution in [2.24, 2.45) is 0 Å². The first-order valence-electron chi connectivity index (χ1n) is 9.61.